The smallest absolute Gasteiger partial charge is 0.332 e. The van der Waals surface area contributed by atoms with Crippen LogP contribution in [0.25, 0.3) is 0 Å². The Morgan fingerprint density at radius 3 is 2.15 bits per heavy atom. The lowest BCUT2D eigenvalue weighted by Crippen LogP contribution is -2.34. The maximum absolute atomic E-state index is 12.9. The molecule has 0 saturated carbocycles. The van der Waals surface area contributed by atoms with Crippen molar-refractivity contribution in [3.63, 3.8) is 0 Å². The minimum Gasteiger partial charge on any atom is -0.332 e. The quantitative estimate of drug-likeness (QED) is 0.355. The highest BCUT2D eigenvalue weighted by molar-refractivity contribution is 7.80. The number of hydrogen-bond donors (Lipinski definition) is 3. The van der Waals surface area contributed by atoms with Gasteiger partial charge in [0.1, 0.15) is 0 Å². The number of nitrogens with one attached hydrogen (secondary N) is 3. The molecule has 0 spiro atoms. The Hall–Kier alpha value is -3.14. The van der Waals surface area contributed by atoms with Gasteiger partial charge in [0, 0.05) is 22.0 Å². The zero-order valence-corrected chi connectivity index (χ0v) is 18.8. The maximum Gasteiger partial charge on any atom is 0.416 e. The fourth-order valence-electron chi connectivity index (χ4n) is 2.72. The molecule has 3 rings (SSSR count). The zero-order valence-electron chi connectivity index (χ0n) is 16.5. The summed E-state index contributed by atoms with van der Waals surface area (Å²) in [6.07, 6.45) is -4.53. The van der Waals surface area contributed by atoms with Crippen molar-refractivity contribution < 1.29 is 22.8 Å². The molecule has 11 heteroatoms. The van der Waals surface area contributed by atoms with Crippen molar-refractivity contribution in [3.05, 3.63) is 93.5 Å². The molecular formula is C22H14Cl2F3N3O2S. The van der Waals surface area contributed by atoms with Crippen molar-refractivity contribution in [2.75, 3.05) is 10.6 Å². The van der Waals surface area contributed by atoms with E-state index < -0.39 is 23.6 Å². The Morgan fingerprint density at radius 1 is 0.818 bits per heavy atom. The number of carbonyl (C=O) groups is 2. The summed E-state index contributed by atoms with van der Waals surface area (Å²) in [5.41, 5.74) is -0.181. The molecule has 0 saturated heterocycles. The highest BCUT2D eigenvalue weighted by Gasteiger charge is 2.30. The predicted octanol–water partition coefficient (Wildman–Crippen LogP) is 6.39. The van der Waals surface area contributed by atoms with Gasteiger partial charge in [0.05, 0.1) is 16.1 Å². The van der Waals surface area contributed by atoms with Crippen LogP contribution in [0.5, 0.6) is 0 Å². The molecule has 2 amide bonds. The van der Waals surface area contributed by atoms with E-state index in [1.165, 1.54) is 42.5 Å². The molecule has 0 heterocycles. The largest absolute Gasteiger partial charge is 0.416 e. The van der Waals surface area contributed by atoms with Crippen LogP contribution in [0.2, 0.25) is 10.0 Å². The molecule has 0 aliphatic rings. The lowest BCUT2D eigenvalue weighted by molar-refractivity contribution is -0.137. The number of amides is 2. The Kier molecular flexibility index (Phi) is 7.57. The minimum atomic E-state index is -4.53. The average Bonchev–Trinajstić information content (AvgIpc) is 2.73. The summed E-state index contributed by atoms with van der Waals surface area (Å²) in [4.78, 5) is 24.8. The zero-order chi connectivity index (χ0) is 24.2. The maximum atomic E-state index is 12.9. The van der Waals surface area contributed by atoms with E-state index >= 15 is 0 Å². The second-order valence-electron chi connectivity index (χ2n) is 6.65. The standard InChI is InChI=1S/C22H14Cl2F3N3O2S/c23-14-7-8-17(18(24)11-14)20(32)30-21(33)29-15-5-1-3-12(9-15)19(31)28-16-6-2-4-13(10-16)22(25,26)27/h1-11H,(H,28,31)(H2,29,30,32,33). The Balaban J connectivity index is 1.66. The first-order valence-corrected chi connectivity index (χ1v) is 10.4. The van der Waals surface area contributed by atoms with Crippen molar-refractivity contribution in [1.29, 1.82) is 0 Å². The Morgan fingerprint density at radius 2 is 1.48 bits per heavy atom. The van der Waals surface area contributed by atoms with Crippen LogP contribution in [0, 0.1) is 0 Å². The van der Waals surface area contributed by atoms with Gasteiger partial charge in [-0.1, -0.05) is 35.3 Å². The van der Waals surface area contributed by atoms with Gasteiger partial charge in [-0.2, -0.15) is 13.2 Å². The summed E-state index contributed by atoms with van der Waals surface area (Å²) in [6, 6.07) is 14.7. The molecule has 3 aromatic carbocycles. The molecule has 3 N–H and O–H groups in total. The first-order valence-electron chi connectivity index (χ1n) is 9.19. The number of hydrogen-bond acceptors (Lipinski definition) is 3. The summed E-state index contributed by atoms with van der Waals surface area (Å²) >= 11 is 17.0. The summed E-state index contributed by atoms with van der Waals surface area (Å²) < 4.78 is 38.6. The molecule has 0 aliphatic heterocycles. The molecule has 0 radical (unpaired) electrons. The molecule has 0 fully saturated rings. The van der Waals surface area contributed by atoms with E-state index in [0.717, 1.165) is 12.1 Å². The fourth-order valence-corrected chi connectivity index (χ4v) is 3.43. The van der Waals surface area contributed by atoms with Crippen LogP contribution >= 0.6 is 35.4 Å². The molecule has 0 aromatic heterocycles. The van der Waals surface area contributed by atoms with Gasteiger partial charge in [0.25, 0.3) is 11.8 Å². The number of halogens is 5. The summed E-state index contributed by atoms with van der Waals surface area (Å²) in [5, 5.41) is 8.11. The van der Waals surface area contributed by atoms with Crippen molar-refractivity contribution >= 4 is 63.7 Å². The van der Waals surface area contributed by atoms with Crippen LogP contribution in [0.15, 0.2) is 66.7 Å². The predicted molar refractivity (Wildman–Crippen MR) is 126 cm³/mol. The number of thiocarbonyl (C=S) groups is 1. The van der Waals surface area contributed by atoms with Gasteiger partial charge in [-0.3, -0.25) is 14.9 Å². The van der Waals surface area contributed by atoms with E-state index in [1.807, 2.05) is 0 Å². The molecule has 5 nitrogen and oxygen atoms in total. The Bertz CT molecular complexity index is 1240. The summed E-state index contributed by atoms with van der Waals surface area (Å²) in [5.74, 6) is -1.19. The average molecular weight is 512 g/mol. The molecule has 0 bridgehead atoms. The monoisotopic (exact) mass is 511 g/mol. The lowest BCUT2D eigenvalue weighted by atomic mass is 10.1. The third-order valence-electron chi connectivity index (χ3n) is 4.23. The van der Waals surface area contributed by atoms with Crippen LogP contribution in [-0.4, -0.2) is 16.9 Å². The lowest BCUT2D eigenvalue weighted by Gasteiger charge is -2.12. The fraction of sp³-hybridized carbons (Fsp3) is 0.0455. The first kappa shape index (κ1) is 24.5. The van der Waals surface area contributed by atoms with Crippen LogP contribution in [0.1, 0.15) is 26.3 Å². The first-order chi connectivity index (χ1) is 15.5. The van der Waals surface area contributed by atoms with Gasteiger partial charge >= 0.3 is 6.18 Å². The van der Waals surface area contributed by atoms with Crippen LogP contribution in [0.4, 0.5) is 24.5 Å². The van der Waals surface area contributed by atoms with Gasteiger partial charge < -0.3 is 10.6 Å². The van der Waals surface area contributed by atoms with E-state index in [9.17, 15) is 22.8 Å². The molecule has 170 valence electrons. The van der Waals surface area contributed by atoms with Crippen molar-refractivity contribution in [2.45, 2.75) is 6.18 Å². The molecule has 0 aliphatic carbocycles. The van der Waals surface area contributed by atoms with Gasteiger partial charge in [0.2, 0.25) is 0 Å². The van der Waals surface area contributed by atoms with Crippen LogP contribution in [-0.2, 0) is 6.18 Å². The SMILES string of the molecule is O=C(Nc1cccc(C(F)(F)F)c1)c1cccc(NC(=S)NC(=O)c2ccc(Cl)cc2Cl)c1. The minimum absolute atomic E-state index is 0.00388. The Labute approximate surface area is 201 Å². The number of benzene rings is 3. The van der Waals surface area contributed by atoms with E-state index in [2.05, 4.69) is 16.0 Å². The van der Waals surface area contributed by atoms with E-state index in [4.69, 9.17) is 35.4 Å². The molecule has 3 aromatic rings. The van der Waals surface area contributed by atoms with Gasteiger partial charge in [-0.15, -0.1) is 0 Å². The third-order valence-corrected chi connectivity index (χ3v) is 4.99. The molecular weight excluding hydrogens is 498 g/mol. The summed E-state index contributed by atoms with van der Waals surface area (Å²) in [7, 11) is 0. The summed E-state index contributed by atoms with van der Waals surface area (Å²) in [6.45, 7) is 0. The van der Waals surface area contributed by atoms with E-state index in [1.54, 1.807) is 12.1 Å². The topological polar surface area (TPSA) is 70.2 Å². The second-order valence-corrected chi connectivity index (χ2v) is 7.90. The van der Waals surface area contributed by atoms with Gasteiger partial charge in [-0.05, 0) is 66.8 Å². The number of alkyl halides is 3. The number of anilines is 2. The highest BCUT2D eigenvalue weighted by Crippen LogP contribution is 2.30. The molecule has 0 unspecified atom stereocenters. The highest BCUT2D eigenvalue weighted by atomic mass is 35.5. The van der Waals surface area contributed by atoms with Crippen LogP contribution < -0.4 is 16.0 Å². The van der Waals surface area contributed by atoms with Crippen molar-refractivity contribution in [2.24, 2.45) is 0 Å². The van der Waals surface area contributed by atoms with E-state index in [0.29, 0.717) is 10.7 Å². The van der Waals surface area contributed by atoms with Crippen LogP contribution in [0.3, 0.4) is 0 Å². The van der Waals surface area contributed by atoms with E-state index in [-0.39, 0.29) is 26.9 Å². The number of carbonyl (C=O) groups excluding carboxylic acids is 2. The molecule has 33 heavy (non-hydrogen) atoms. The second kappa shape index (κ2) is 10.2. The number of rotatable bonds is 4. The van der Waals surface area contributed by atoms with Crippen molar-refractivity contribution in [3.8, 4) is 0 Å². The molecule has 0 atom stereocenters. The van der Waals surface area contributed by atoms with Gasteiger partial charge in [-0.25, -0.2) is 0 Å². The third kappa shape index (κ3) is 6.67. The van der Waals surface area contributed by atoms with Gasteiger partial charge in [0.15, 0.2) is 5.11 Å². The van der Waals surface area contributed by atoms with Crippen molar-refractivity contribution in [1.82, 2.24) is 5.32 Å². The normalized spacial score (nSPS) is 10.9.